The highest BCUT2D eigenvalue weighted by Gasteiger charge is 2.16. The van der Waals surface area contributed by atoms with Gasteiger partial charge in [-0.2, -0.15) is 0 Å². The first-order valence-corrected chi connectivity index (χ1v) is 5.08. The first-order valence-electron chi connectivity index (χ1n) is 4.20. The van der Waals surface area contributed by atoms with Gasteiger partial charge in [-0.15, -0.1) is 11.3 Å². The van der Waals surface area contributed by atoms with Gasteiger partial charge in [0.2, 0.25) is 0 Å². The number of hydrogen-bond acceptors (Lipinski definition) is 4. The summed E-state index contributed by atoms with van der Waals surface area (Å²) in [6.07, 6.45) is 0. The van der Waals surface area contributed by atoms with Crippen LogP contribution in [0.3, 0.4) is 0 Å². The van der Waals surface area contributed by atoms with Gasteiger partial charge in [-0.1, -0.05) is 0 Å². The van der Waals surface area contributed by atoms with E-state index in [0.717, 1.165) is 0 Å². The zero-order chi connectivity index (χ0) is 11.4. The van der Waals surface area contributed by atoms with Crippen molar-refractivity contribution in [2.75, 3.05) is 7.11 Å². The van der Waals surface area contributed by atoms with Crippen molar-refractivity contribution in [3.05, 3.63) is 16.3 Å². The summed E-state index contributed by atoms with van der Waals surface area (Å²) in [5.41, 5.74) is 0. The number of rotatable bonds is 4. The second-order valence-corrected chi connectivity index (χ2v) is 3.80. The fraction of sp³-hybridized carbons (Fsp3) is 0.333. The van der Waals surface area contributed by atoms with Crippen LogP contribution in [-0.2, 0) is 4.79 Å². The van der Waals surface area contributed by atoms with Crippen molar-refractivity contribution >= 4 is 23.2 Å². The third-order valence-corrected chi connectivity index (χ3v) is 2.66. The van der Waals surface area contributed by atoms with Crippen LogP contribution in [-0.4, -0.2) is 30.1 Å². The van der Waals surface area contributed by atoms with Crippen molar-refractivity contribution in [2.45, 2.75) is 13.0 Å². The van der Waals surface area contributed by atoms with Crippen LogP contribution in [0.1, 0.15) is 16.6 Å². The van der Waals surface area contributed by atoms with Crippen LogP contribution in [0.25, 0.3) is 0 Å². The van der Waals surface area contributed by atoms with E-state index in [0.29, 0.717) is 10.6 Å². The Labute approximate surface area is 90.7 Å². The summed E-state index contributed by atoms with van der Waals surface area (Å²) in [5.74, 6) is -0.877. The normalized spacial score (nSPS) is 11.9. The summed E-state index contributed by atoms with van der Waals surface area (Å²) in [6.45, 7) is 1.41. The quantitative estimate of drug-likeness (QED) is 0.806. The highest BCUT2D eigenvalue weighted by molar-refractivity contribution is 7.12. The van der Waals surface area contributed by atoms with Gasteiger partial charge >= 0.3 is 5.97 Å². The minimum atomic E-state index is -1.06. The maximum atomic E-state index is 11.5. The molecule has 1 heterocycles. The van der Waals surface area contributed by atoms with Gasteiger partial charge in [0.25, 0.3) is 5.91 Å². The first kappa shape index (κ1) is 11.5. The zero-order valence-corrected chi connectivity index (χ0v) is 9.13. The Hall–Kier alpha value is -1.56. The molecule has 0 saturated heterocycles. The van der Waals surface area contributed by atoms with Crippen LogP contribution in [0, 0.1) is 0 Å². The van der Waals surface area contributed by atoms with Crippen LogP contribution in [0.15, 0.2) is 11.4 Å². The molecule has 0 aromatic carbocycles. The molecule has 0 fully saturated rings. The summed E-state index contributed by atoms with van der Waals surface area (Å²) in [4.78, 5) is 22.4. The van der Waals surface area contributed by atoms with Crippen molar-refractivity contribution in [1.29, 1.82) is 0 Å². The SMILES string of the molecule is COc1csc(C(=O)N[C@@H](C)C(=O)O)c1. The molecule has 1 rings (SSSR count). The van der Waals surface area contributed by atoms with E-state index >= 15 is 0 Å². The van der Waals surface area contributed by atoms with Crippen LogP contribution in [0.4, 0.5) is 0 Å². The van der Waals surface area contributed by atoms with E-state index in [2.05, 4.69) is 5.32 Å². The lowest BCUT2D eigenvalue weighted by atomic mass is 10.3. The zero-order valence-electron chi connectivity index (χ0n) is 8.31. The van der Waals surface area contributed by atoms with Crippen LogP contribution in [0.2, 0.25) is 0 Å². The van der Waals surface area contributed by atoms with Gasteiger partial charge in [0, 0.05) is 11.4 Å². The lowest BCUT2D eigenvalue weighted by Gasteiger charge is -2.07. The molecule has 6 heteroatoms. The summed E-state index contributed by atoms with van der Waals surface area (Å²) in [6, 6.07) is 0.666. The molecule has 1 aromatic heterocycles. The van der Waals surface area contributed by atoms with Crippen molar-refractivity contribution in [3.8, 4) is 5.75 Å². The van der Waals surface area contributed by atoms with Crippen molar-refractivity contribution in [3.63, 3.8) is 0 Å². The number of carbonyl (C=O) groups is 2. The molecule has 5 nitrogen and oxygen atoms in total. The van der Waals surface area contributed by atoms with Crippen molar-refractivity contribution in [1.82, 2.24) is 5.32 Å². The van der Waals surface area contributed by atoms with E-state index in [9.17, 15) is 9.59 Å². The number of nitrogens with one attached hydrogen (secondary N) is 1. The lowest BCUT2D eigenvalue weighted by molar-refractivity contribution is -0.138. The van der Waals surface area contributed by atoms with E-state index < -0.39 is 17.9 Å². The van der Waals surface area contributed by atoms with E-state index in [1.54, 1.807) is 11.4 Å². The number of methoxy groups -OCH3 is 1. The molecule has 0 unspecified atom stereocenters. The van der Waals surface area contributed by atoms with Gasteiger partial charge in [0.05, 0.1) is 12.0 Å². The maximum absolute atomic E-state index is 11.5. The van der Waals surface area contributed by atoms with Gasteiger partial charge < -0.3 is 15.2 Å². The van der Waals surface area contributed by atoms with Crippen LogP contribution < -0.4 is 10.1 Å². The third-order valence-electron chi connectivity index (χ3n) is 1.75. The summed E-state index contributed by atoms with van der Waals surface area (Å²) < 4.78 is 4.91. The summed E-state index contributed by atoms with van der Waals surface area (Å²) >= 11 is 1.21. The number of ether oxygens (including phenoxy) is 1. The Balaban J connectivity index is 2.65. The number of carboxylic acids is 1. The fourth-order valence-electron chi connectivity index (χ4n) is 0.874. The van der Waals surface area contributed by atoms with Gasteiger partial charge in [-0.25, -0.2) is 0 Å². The largest absolute Gasteiger partial charge is 0.496 e. The Morgan fingerprint density at radius 1 is 1.60 bits per heavy atom. The number of carboxylic acid groups (broad SMARTS) is 1. The Morgan fingerprint density at radius 2 is 2.27 bits per heavy atom. The molecule has 0 spiro atoms. The Bertz CT molecular complexity index is 374. The van der Waals surface area contributed by atoms with Gasteiger partial charge in [-0.05, 0) is 6.92 Å². The standard InChI is InChI=1S/C9H11NO4S/c1-5(9(12)13)10-8(11)7-3-6(14-2)4-15-7/h3-5H,1-2H3,(H,10,11)(H,12,13)/t5-/m0/s1. The molecule has 0 aliphatic rings. The van der Waals surface area contributed by atoms with E-state index in [-0.39, 0.29) is 0 Å². The number of hydrogen-bond donors (Lipinski definition) is 2. The van der Waals surface area contributed by atoms with Gasteiger partial charge in [0.1, 0.15) is 11.8 Å². The molecule has 1 atom stereocenters. The summed E-state index contributed by atoms with van der Waals surface area (Å²) in [7, 11) is 1.50. The van der Waals surface area contributed by atoms with Crippen molar-refractivity contribution in [2.24, 2.45) is 0 Å². The maximum Gasteiger partial charge on any atom is 0.325 e. The predicted octanol–water partition coefficient (Wildman–Crippen LogP) is 0.960. The molecule has 0 saturated carbocycles. The average molecular weight is 229 g/mol. The number of carbonyl (C=O) groups excluding carboxylic acids is 1. The molecule has 1 amide bonds. The molecular formula is C9H11NO4S. The average Bonchev–Trinajstić information content (AvgIpc) is 2.65. The molecule has 1 aromatic rings. The van der Waals surface area contributed by atoms with Crippen LogP contribution in [0.5, 0.6) is 5.75 Å². The van der Waals surface area contributed by atoms with Gasteiger partial charge in [-0.3, -0.25) is 9.59 Å². The second-order valence-electron chi connectivity index (χ2n) is 2.88. The molecule has 2 N–H and O–H groups in total. The molecule has 0 aliphatic carbocycles. The molecule has 0 radical (unpaired) electrons. The number of amides is 1. The fourth-order valence-corrected chi connectivity index (χ4v) is 1.63. The minimum absolute atomic E-state index is 0.404. The highest BCUT2D eigenvalue weighted by atomic mass is 32.1. The van der Waals surface area contributed by atoms with Crippen LogP contribution >= 0.6 is 11.3 Å². The molecule has 0 bridgehead atoms. The number of thiophene rings is 1. The monoisotopic (exact) mass is 229 g/mol. The molecular weight excluding hydrogens is 218 g/mol. The van der Waals surface area contributed by atoms with Gasteiger partial charge in [0.15, 0.2) is 0 Å². The minimum Gasteiger partial charge on any atom is -0.496 e. The second kappa shape index (κ2) is 4.79. The molecule has 15 heavy (non-hydrogen) atoms. The number of aliphatic carboxylic acids is 1. The topological polar surface area (TPSA) is 75.6 Å². The lowest BCUT2D eigenvalue weighted by Crippen LogP contribution is -2.37. The molecule has 0 aliphatic heterocycles. The third kappa shape index (κ3) is 2.95. The highest BCUT2D eigenvalue weighted by Crippen LogP contribution is 2.20. The Kier molecular flexibility index (Phi) is 3.68. The first-order chi connectivity index (χ1) is 7.04. The van der Waals surface area contributed by atoms with E-state index in [1.165, 1.54) is 25.4 Å². The predicted molar refractivity (Wildman–Crippen MR) is 55.4 cm³/mol. The van der Waals surface area contributed by atoms with Crippen molar-refractivity contribution < 1.29 is 19.4 Å². The molecule has 82 valence electrons. The van der Waals surface area contributed by atoms with E-state index in [1.807, 2.05) is 0 Å². The Morgan fingerprint density at radius 3 is 2.73 bits per heavy atom. The van der Waals surface area contributed by atoms with E-state index in [4.69, 9.17) is 9.84 Å². The smallest absolute Gasteiger partial charge is 0.325 e. The summed E-state index contributed by atoms with van der Waals surface area (Å²) in [5, 5.41) is 12.6.